The van der Waals surface area contributed by atoms with E-state index in [0.29, 0.717) is 24.2 Å². The second-order valence-electron chi connectivity index (χ2n) is 7.84. The first-order valence-electron chi connectivity index (χ1n) is 9.32. The second kappa shape index (κ2) is 6.79. The van der Waals surface area contributed by atoms with Gasteiger partial charge in [-0.25, -0.2) is 12.8 Å². The van der Waals surface area contributed by atoms with Crippen LogP contribution in [0, 0.1) is 24.6 Å². The summed E-state index contributed by atoms with van der Waals surface area (Å²) in [7, 11) is -2.25. The van der Waals surface area contributed by atoms with Gasteiger partial charge in [0.05, 0.1) is 11.3 Å². The first kappa shape index (κ1) is 19.8. The van der Waals surface area contributed by atoms with Crippen LogP contribution in [0.5, 0.6) is 0 Å². The molecule has 2 aromatic rings. The third-order valence-electron chi connectivity index (χ3n) is 6.18. The van der Waals surface area contributed by atoms with Gasteiger partial charge in [-0.05, 0) is 49.8 Å². The van der Waals surface area contributed by atoms with Gasteiger partial charge in [0.2, 0.25) is 10.0 Å². The van der Waals surface area contributed by atoms with Gasteiger partial charge < -0.3 is 5.11 Å². The highest BCUT2D eigenvalue weighted by atomic mass is 35.5. The van der Waals surface area contributed by atoms with Crippen molar-refractivity contribution in [1.29, 1.82) is 0 Å². The van der Waals surface area contributed by atoms with Crippen LogP contribution in [-0.2, 0) is 22.7 Å². The number of nitrogens with zero attached hydrogens (tertiary/aromatic N) is 3. The van der Waals surface area contributed by atoms with Crippen molar-refractivity contribution in [3.8, 4) is 0 Å². The molecule has 1 aliphatic carbocycles. The number of aliphatic hydroxyl groups is 1. The monoisotopic (exact) mass is 427 g/mol. The molecule has 3 atom stereocenters. The van der Waals surface area contributed by atoms with Crippen LogP contribution >= 0.6 is 11.6 Å². The Morgan fingerprint density at radius 2 is 2.11 bits per heavy atom. The summed E-state index contributed by atoms with van der Waals surface area (Å²) in [5.74, 6) is -0.700. The molecular formula is C19H23ClFN3O3S. The molecule has 4 rings (SSSR count). The van der Waals surface area contributed by atoms with Crippen molar-refractivity contribution in [2.45, 2.75) is 36.7 Å². The Kier molecular flexibility index (Phi) is 4.81. The fraction of sp³-hybridized carbons (Fsp3) is 0.526. The fourth-order valence-electron chi connectivity index (χ4n) is 4.83. The van der Waals surface area contributed by atoms with Crippen LogP contribution in [-0.4, -0.2) is 40.7 Å². The van der Waals surface area contributed by atoms with E-state index in [1.807, 2.05) is 0 Å². The Balaban J connectivity index is 1.70. The minimum atomic E-state index is -3.85. The van der Waals surface area contributed by atoms with E-state index in [0.717, 1.165) is 12.8 Å². The Hall–Kier alpha value is -1.48. The first-order chi connectivity index (χ1) is 13.1. The largest absolute Gasteiger partial charge is 0.385 e. The highest BCUT2D eigenvalue weighted by Crippen LogP contribution is 2.49. The highest BCUT2D eigenvalue weighted by Gasteiger charge is 2.52. The lowest BCUT2D eigenvalue weighted by atomic mass is 9.67. The molecule has 1 aromatic carbocycles. The second-order valence-corrected chi connectivity index (χ2v) is 10.1. The van der Waals surface area contributed by atoms with Gasteiger partial charge in [-0.3, -0.25) is 4.68 Å². The molecule has 1 N–H and O–H groups in total. The predicted molar refractivity (Wildman–Crippen MR) is 103 cm³/mol. The molecule has 0 amide bonds. The zero-order valence-electron chi connectivity index (χ0n) is 15.8. The number of aromatic nitrogens is 2. The number of sulfonamides is 1. The SMILES string of the molecule is Cc1nn(C)c(Cl)c1S(=O)(=O)N1C[C@@H]2CCC[C@](O)(c3cccc(F)c3)[C@@H]2C1. The Morgan fingerprint density at radius 3 is 2.75 bits per heavy atom. The van der Waals surface area contributed by atoms with Gasteiger partial charge in [0.1, 0.15) is 15.9 Å². The van der Waals surface area contributed by atoms with E-state index >= 15 is 0 Å². The van der Waals surface area contributed by atoms with Gasteiger partial charge in [-0.2, -0.15) is 9.40 Å². The zero-order chi connectivity index (χ0) is 20.3. The molecule has 6 nitrogen and oxygen atoms in total. The minimum absolute atomic E-state index is 0.00699. The number of aryl methyl sites for hydroxylation is 2. The van der Waals surface area contributed by atoms with Crippen molar-refractivity contribution < 1.29 is 17.9 Å². The zero-order valence-corrected chi connectivity index (χ0v) is 17.3. The van der Waals surface area contributed by atoms with E-state index in [9.17, 15) is 17.9 Å². The van der Waals surface area contributed by atoms with Crippen molar-refractivity contribution in [1.82, 2.24) is 14.1 Å². The summed E-state index contributed by atoms with van der Waals surface area (Å²) in [5, 5.41) is 15.7. The predicted octanol–water partition coefficient (Wildman–Crippen LogP) is 2.83. The van der Waals surface area contributed by atoms with Crippen molar-refractivity contribution >= 4 is 21.6 Å². The summed E-state index contributed by atoms with van der Waals surface area (Å²) < 4.78 is 43.1. The summed E-state index contributed by atoms with van der Waals surface area (Å²) in [6.45, 7) is 2.10. The molecule has 0 radical (unpaired) electrons. The Labute approximate surface area is 169 Å². The average Bonchev–Trinajstić information content (AvgIpc) is 3.18. The van der Waals surface area contributed by atoms with Crippen LogP contribution < -0.4 is 0 Å². The average molecular weight is 428 g/mol. The summed E-state index contributed by atoms with van der Waals surface area (Å²) >= 11 is 6.20. The maximum Gasteiger partial charge on any atom is 0.248 e. The Bertz CT molecular complexity index is 1030. The molecule has 2 heterocycles. The standard InChI is InChI=1S/C19H23ClFN3O3S/c1-12-17(18(20)23(2)22-12)28(26,27)24-10-13-5-4-8-19(25,16(13)11-24)14-6-3-7-15(21)9-14/h3,6-7,9,13,16,25H,4-5,8,10-11H2,1-2H3/t13-,16+,19-/m0/s1. The molecule has 9 heteroatoms. The molecule has 0 spiro atoms. The highest BCUT2D eigenvalue weighted by molar-refractivity contribution is 7.89. The fourth-order valence-corrected chi connectivity index (χ4v) is 7.06. The van der Waals surface area contributed by atoms with E-state index in [1.54, 1.807) is 26.1 Å². The van der Waals surface area contributed by atoms with Crippen LogP contribution in [0.1, 0.15) is 30.5 Å². The maximum atomic E-state index is 13.8. The molecule has 0 bridgehead atoms. The molecule has 0 unspecified atom stereocenters. The van der Waals surface area contributed by atoms with E-state index in [4.69, 9.17) is 11.6 Å². The number of fused-ring (bicyclic) bond motifs is 1. The summed E-state index contributed by atoms with van der Waals surface area (Å²) in [5.41, 5.74) is -0.386. The first-order valence-corrected chi connectivity index (χ1v) is 11.1. The number of hydrogen-bond acceptors (Lipinski definition) is 4. The summed E-state index contributed by atoms with van der Waals surface area (Å²) in [4.78, 5) is 0.0182. The van der Waals surface area contributed by atoms with Crippen molar-refractivity contribution in [3.63, 3.8) is 0 Å². The van der Waals surface area contributed by atoms with Gasteiger partial charge in [0, 0.05) is 26.1 Å². The third-order valence-corrected chi connectivity index (χ3v) is 8.70. The van der Waals surface area contributed by atoms with Gasteiger partial charge in [-0.1, -0.05) is 23.7 Å². The third kappa shape index (κ3) is 2.98. The van der Waals surface area contributed by atoms with Crippen molar-refractivity contribution in [2.24, 2.45) is 18.9 Å². The lowest BCUT2D eigenvalue weighted by molar-refractivity contribution is -0.0642. The molecular weight excluding hydrogens is 405 g/mol. The van der Waals surface area contributed by atoms with E-state index < -0.39 is 21.4 Å². The van der Waals surface area contributed by atoms with Crippen LogP contribution in [0.2, 0.25) is 5.15 Å². The maximum absolute atomic E-state index is 13.8. The summed E-state index contributed by atoms with van der Waals surface area (Å²) in [6.07, 6.45) is 2.07. The van der Waals surface area contributed by atoms with Gasteiger partial charge in [-0.15, -0.1) is 0 Å². The van der Waals surface area contributed by atoms with Gasteiger partial charge in [0.25, 0.3) is 0 Å². The minimum Gasteiger partial charge on any atom is -0.385 e. The molecule has 2 fully saturated rings. The van der Waals surface area contributed by atoms with E-state index in [1.165, 1.54) is 21.1 Å². The number of hydrogen-bond donors (Lipinski definition) is 1. The van der Waals surface area contributed by atoms with Crippen LogP contribution in [0.3, 0.4) is 0 Å². The molecule has 28 heavy (non-hydrogen) atoms. The quantitative estimate of drug-likeness (QED) is 0.817. The lowest BCUT2D eigenvalue weighted by Gasteiger charge is -2.41. The molecule has 1 saturated carbocycles. The summed E-state index contributed by atoms with van der Waals surface area (Å²) in [6, 6.07) is 5.98. The normalized spacial score (nSPS) is 28.5. The van der Waals surface area contributed by atoms with Crippen molar-refractivity contribution in [2.75, 3.05) is 13.1 Å². The molecule has 1 aliphatic heterocycles. The number of benzene rings is 1. The van der Waals surface area contributed by atoms with E-state index in [2.05, 4.69) is 5.10 Å². The smallest absolute Gasteiger partial charge is 0.248 e. The molecule has 2 aliphatic rings. The number of rotatable bonds is 3. The van der Waals surface area contributed by atoms with E-state index in [-0.39, 0.29) is 28.4 Å². The Morgan fingerprint density at radius 1 is 1.36 bits per heavy atom. The van der Waals surface area contributed by atoms with Crippen molar-refractivity contribution in [3.05, 3.63) is 46.5 Å². The molecule has 1 saturated heterocycles. The van der Waals surface area contributed by atoms with Gasteiger partial charge in [0.15, 0.2) is 0 Å². The van der Waals surface area contributed by atoms with Crippen LogP contribution in [0.15, 0.2) is 29.2 Å². The van der Waals surface area contributed by atoms with Crippen LogP contribution in [0.4, 0.5) is 4.39 Å². The molecule has 1 aromatic heterocycles. The number of halogens is 2. The van der Waals surface area contributed by atoms with Gasteiger partial charge >= 0.3 is 0 Å². The topological polar surface area (TPSA) is 75.4 Å². The lowest BCUT2D eigenvalue weighted by Crippen LogP contribution is -2.43. The van der Waals surface area contributed by atoms with Crippen LogP contribution in [0.25, 0.3) is 0 Å². The molecule has 152 valence electrons.